The van der Waals surface area contributed by atoms with Gasteiger partial charge in [-0.25, -0.2) is 4.99 Å². The van der Waals surface area contributed by atoms with Crippen LogP contribution in [0.5, 0.6) is 0 Å². The lowest BCUT2D eigenvalue weighted by atomic mass is 10.2. The van der Waals surface area contributed by atoms with Gasteiger partial charge in [-0.1, -0.05) is 78.5 Å². The van der Waals surface area contributed by atoms with Gasteiger partial charge in [0, 0.05) is 16.9 Å². The zero-order valence-corrected chi connectivity index (χ0v) is 14.4. The molecule has 3 aromatic rings. The topological polar surface area (TPSA) is 28.0 Å². The number of hydrogen-bond acceptors (Lipinski definition) is 4. The Morgan fingerprint density at radius 2 is 1.20 bits per heavy atom. The minimum Gasteiger partial charge on any atom is -0.289 e. The van der Waals surface area contributed by atoms with Crippen LogP contribution in [0.25, 0.3) is 0 Å². The number of anilines is 2. The Balaban J connectivity index is 1.77. The SMILES string of the molecule is c1ccc(C2=NCSC(N(c3ccccc3)c3ccccc3)=N2)cc1. The molecular weight excluding hydrogens is 326 g/mol. The highest BCUT2D eigenvalue weighted by Gasteiger charge is 2.20. The van der Waals surface area contributed by atoms with Crippen molar-refractivity contribution in [2.45, 2.75) is 0 Å². The third-order valence-electron chi connectivity index (χ3n) is 3.86. The van der Waals surface area contributed by atoms with E-state index in [1.807, 2.05) is 66.7 Å². The molecule has 1 heterocycles. The van der Waals surface area contributed by atoms with Crippen molar-refractivity contribution in [2.24, 2.45) is 9.98 Å². The van der Waals surface area contributed by atoms with Crippen LogP contribution in [0.2, 0.25) is 0 Å². The van der Waals surface area contributed by atoms with Crippen molar-refractivity contribution in [3.63, 3.8) is 0 Å². The summed E-state index contributed by atoms with van der Waals surface area (Å²) in [5, 5.41) is 0.936. The second-order valence-corrected chi connectivity index (χ2v) is 6.43. The Bertz CT molecular complexity index is 851. The molecule has 0 radical (unpaired) electrons. The van der Waals surface area contributed by atoms with Crippen LogP contribution in [-0.2, 0) is 0 Å². The van der Waals surface area contributed by atoms with Gasteiger partial charge < -0.3 is 0 Å². The number of para-hydroxylation sites is 2. The molecule has 0 N–H and O–H groups in total. The summed E-state index contributed by atoms with van der Waals surface area (Å²) in [6.07, 6.45) is 0. The fourth-order valence-corrected chi connectivity index (χ4v) is 3.48. The van der Waals surface area contributed by atoms with Gasteiger partial charge in [0.05, 0.1) is 5.88 Å². The van der Waals surface area contributed by atoms with Gasteiger partial charge in [0.25, 0.3) is 0 Å². The van der Waals surface area contributed by atoms with E-state index in [0.717, 1.165) is 27.9 Å². The van der Waals surface area contributed by atoms with Crippen molar-refractivity contribution < 1.29 is 0 Å². The lowest BCUT2D eigenvalue weighted by molar-refractivity contribution is 1.30. The highest BCUT2D eigenvalue weighted by atomic mass is 32.2. The molecule has 0 spiro atoms. The van der Waals surface area contributed by atoms with E-state index in [9.17, 15) is 0 Å². The number of aliphatic imine (C=N–C) groups is 2. The normalized spacial score (nSPS) is 13.8. The molecule has 4 rings (SSSR count). The van der Waals surface area contributed by atoms with Gasteiger partial charge in [-0.15, -0.1) is 0 Å². The van der Waals surface area contributed by atoms with E-state index in [1.54, 1.807) is 11.8 Å². The summed E-state index contributed by atoms with van der Waals surface area (Å²) in [5.41, 5.74) is 3.23. The van der Waals surface area contributed by atoms with Crippen LogP contribution in [-0.4, -0.2) is 16.9 Å². The van der Waals surface area contributed by atoms with E-state index in [2.05, 4.69) is 34.2 Å². The summed E-state index contributed by atoms with van der Waals surface area (Å²) in [4.78, 5) is 11.6. The third-order valence-corrected chi connectivity index (χ3v) is 4.65. The number of rotatable bonds is 3. The Hall–Kier alpha value is -2.85. The van der Waals surface area contributed by atoms with E-state index in [1.165, 1.54) is 0 Å². The standard InChI is InChI=1S/C21H17N3S/c1-4-10-17(11-5-1)20-22-16-25-21(23-20)24(18-12-6-2-7-13-18)19-14-8-3-9-15-19/h1-15H,16H2. The highest BCUT2D eigenvalue weighted by molar-refractivity contribution is 8.14. The molecule has 0 saturated heterocycles. The van der Waals surface area contributed by atoms with E-state index >= 15 is 0 Å². The summed E-state index contributed by atoms with van der Waals surface area (Å²) in [5.74, 6) is 1.45. The van der Waals surface area contributed by atoms with Crippen LogP contribution in [0.1, 0.15) is 5.56 Å². The van der Waals surface area contributed by atoms with Gasteiger partial charge in [-0.05, 0) is 24.3 Å². The number of thioether (sulfide) groups is 1. The van der Waals surface area contributed by atoms with Crippen LogP contribution in [0.3, 0.4) is 0 Å². The van der Waals surface area contributed by atoms with E-state index in [-0.39, 0.29) is 0 Å². The van der Waals surface area contributed by atoms with Crippen molar-refractivity contribution in [3.05, 3.63) is 96.6 Å². The lowest BCUT2D eigenvalue weighted by Gasteiger charge is -2.27. The second-order valence-electron chi connectivity index (χ2n) is 5.52. The first-order valence-electron chi connectivity index (χ1n) is 8.13. The summed E-state index contributed by atoms with van der Waals surface area (Å²) in [6.45, 7) is 0. The molecule has 25 heavy (non-hydrogen) atoms. The maximum atomic E-state index is 4.86. The van der Waals surface area contributed by atoms with Gasteiger partial charge in [0.2, 0.25) is 0 Å². The largest absolute Gasteiger partial charge is 0.289 e. The second kappa shape index (κ2) is 7.36. The molecule has 0 bridgehead atoms. The van der Waals surface area contributed by atoms with Gasteiger partial charge in [0.15, 0.2) is 11.0 Å². The quantitative estimate of drug-likeness (QED) is 0.643. The predicted molar refractivity (Wildman–Crippen MR) is 108 cm³/mol. The summed E-state index contributed by atoms with van der Waals surface area (Å²) < 4.78 is 0. The van der Waals surface area contributed by atoms with Gasteiger partial charge in [-0.2, -0.15) is 0 Å². The number of amidine groups is 2. The molecule has 0 unspecified atom stereocenters. The molecule has 0 saturated carbocycles. The van der Waals surface area contributed by atoms with Crippen molar-refractivity contribution >= 4 is 34.1 Å². The van der Waals surface area contributed by atoms with Crippen LogP contribution in [0.4, 0.5) is 11.4 Å². The van der Waals surface area contributed by atoms with E-state index in [4.69, 9.17) is 4.99 Å². The zero-order chi connectivity index (χ0) is 16.9. The smallest absolute Gasteiger partial charge is 0.177 e. The fraction of sp³-hybridized carbons (Fsp3) is 0.0476. The van der Waals surface area contributed by atoms with Crippen LogP contribution >= 0.6 is 11.8 Å². The average Bonchev–Trinajstić information content (AvgIpc) is 2.71. The van der Waals surface area contributed by atoms with Crippen molar-refractivity contribution in [3.8, 4) is 0 Å². The maximum absolute atomic E-state index is 4.86. The molecule has 0 amide bonds. The molecule has 0 aliphatic carbocycles. The third kappa shape index (κ3) is 3.49. The van der Waals surface area contributed by atoms with E-state index in [0.29, 0.717) is 5.88 Å². The average molecular weight is 343 g/mol. The number of nitrogens with zero attached hydrogens (tertiary/aromatic N) is 3. The highest BCUT2D eigenvalue weighted by Crippen LogP contribution is 2.30. The lowest BCUT2D eigenvalue weighted by Crippen LogP contribution is -2.26. The first kappa shape index (κ1) is 15.7. The zero-order valence-electron chi connectivity index (χ0n) is 13.6. The van der Waals surface area contributed by atoms with Crippen LogP contribution < -0.4 is 4.90 Å². The summed E-state index contributed by atoms with van der Waals surface area (Å²) >= 11 is 1.65. The first-order valence-corrected chi connectivity index (χ1v) is 9.12. The molecule has 1 aliphatic rings. The molecular formula is C21H17N3S. The summed E-state index contributed by atoms with van der Waals surface area (Å²) in [6, 6.07) is 30.8. The molecule has 3 aromatic carbocycles. The molecule has 0 fully saturated rings. The molecule has 4 heteroatoms. The van der Waals surface area contributed by atoms with Crippen LogP contribution in [0, 0.1) is 0 Å². The molecule has 1 aliphatic heterocycles. The maximum Gasteiger partial charge on any atom is 0.177 e. The minimum absolute atomic E-state index is 0.666. The Morgan fingerprint density at radius 1 is 0.680 bits per heavy atom. The van der Waals surface area contributed by atoms with E-state index < -0.39 is 0 Å². The Kier molecular flexibility index (Phi) is 4.61. The predicted octanol–water partition coefficient (Wildman–Crippen LogP) is 5.33. The van der Waals surface area contributed by atoms with Gasteiger partial charge in [-0.3, -0.25) is 9.89 Å². The molecule has 0 aromatic heterocycles. The number of benzene rings is 3. The Labute approximate surface area is 151 Å². The molecule has 122 valence electrons. The first-order chi connectivity index (χ1) is 12.4. The molecule has 0 atom stereocenters. The molecule has 3 nitrogen and oxygen atoms in total. The summed E-state index contributed by atoms with van der Waals surface area (Å²) in [7, 11) is 0. The van der Waals surface area contributed by atoms with Crippen molar-refractivity contribution in [2.75, 3.05) is 10.8 Å². The van der Waals surface area contributed by atoms with Crippen LogP contribution in [0.15, 0.2) is 101 Å². The monoisotopic (exact) mass is 343 g/mol. The van der Waals surface area contributed by atoms with Gasteiger partial charge in [0.1, 0.15) is 0 Å². The number of hydrogen-bond donors (Lipinski definition) is 0. The Morgan fingerprint density at radius 3 is 1.76 bits per heavy atom. The fourth-order valence-electron chi connectivity index (χ4n) is 2.69. The van der Waals surface area contributed by atoms with Crippen molar-refractivity contribution in [1.29, 1.82) is 0 Å². The minimum atomic E-state index is 0.666. The van der Waals surface area contributed by atoms with Gasteiger partial charge >= 0.3 is 0 Å². The van der Waals surface area contributed by atoms with Crippen molar-refractivity contribution in [1.82, 2.24) is 0 Å².